The van der Waals surface area contributed by atoms with E-state index in [-0.39, 0.29) is 0 Å². The molecule has 4 amide bonds. The Morgan fingerprint density at radius 3 is 2.04 bits per heavy atom. The van der Waals surface area contributed by atoms with Crippen molar-refractivity contribution in [1.82, 2.24) is 16.0 Å². The summed E-state index contributed by atoms with van der Waals surface area (Å²) < 4.78 is 0. The van der Waals surface area contributed by atoms with Crippen LogP contribution in [0.2, 0.25) is 0 Å². The van der Waals surface area contributed by atoms with Gasteiger partial charge in [-0.05, 0) is 6.92 Å². The molecule has 0 rings (SSSR count). The molecule has 0 aliphatic heterocycles. The molecule has 136 valence electrons. The third-order valence-corrected chi connectivity index (χ3v) is 2.73. The van der Waals surface area contributed by atoms with Crippen LogP contribution in [0.3, 0.4) is 0 Å². The standard InChI is InChI=1S/C12H21N5O7/c1-5(18)10(14)11(22)16-3-8(20)15-4-9(21)17-6(12(23)24)2-7(13)19/h5-6,10,18H,2-4,14H2,1H3,(H2,13,19)(H,15,20)(H,16,22)(H,17,21)(H,23,24). The van der Waals surface area contributed by atoms with Gasteiger partial charge in [-0.1, -0.05) is 0 Å². The van der Waals surface area contributed by atoms with Gasteiger partial charge >= 0.3 is 5.97 Å². The summed E-state index contributed by atoms with van der Waals surface area (Å²) >= 11 is 0. The second-order valence-corrected chi connectivity index (χ2v) is 4.89. The Morgan fingerprint density at radius 2 is 1.58 bits per heavy atom. The Bertz CT molecular complexity index is 508. The second kappa shape index (κ2) is 10.1. The van der Waals surface area contributed by atoms with E-state index in [0.717, 1.165) is 0 Å². The minimum Gasteiger partial charge on any atom is -0.480 e. The molecule has 0 aliphatic carbocycles. The number of hydrogen-bond acceptors (Lipinski definition) is 7. The summed E-state index contributed by atoms with van der Waals surface area (Å²) in [5.41, 5.74) is 10.2. The zero-order valence-corrected chi connectivity index (χ0v) is 12.9. The Kier molecular flexibility index (Phi) is 8.97. The van der Waals surface area contributed by atoms with Crippen LogP contribution in [0.15, 0.2) is 0 Å². The van der Waals surface area contributed by atoms with Crippen LogP contribution in [0.5, 0.6) is 0 Å². The molecule has 0 aromatic rings. The Labute approximate surface area is 136 Å². The molecule has 0 saturated carbocycles. The number of aliphatic hydroxyl groups excluding tert-OH is 1. The summed E-state index contributed by atoms with van der Waals surface area (Å²) in [6, 6.07) is -2.71. The van der Waals surface area contributed by atoms with Crippen molar-refractivity contribution < 1.29 is 34.2 Å². The topological polar surface area (TPSA) is 214 Å². The van der Waals surface area contributed by atoms with Crippen LogP contribution in [-0.4, -0.2) is 71.1 Å². The van der Waals surface area contributed by atoms with Crippen molar-refractivity contribution in [2.24, 2.45) is 11.5 Å². The van der Waals surface area contributed by atoms with Crippen molar-refractivity contribution in [3.8, 4) is 0 Å². The Balaban J connectivity index is 4.21. The first-order chi connectivity index (χ1) is 11.0. The lowest BCUT2D eigenvalue weighted by atomic mass is 10.2. The molecule has 0 spiro atoms. The van der Waals surface area contributed by atoms with E-state index in [0.29, 0.717) is 0 Å². The molecule has 0 fully saturated rings. The number of primary amides is 1. The fraction of sp³-hybridized carbons (Fsp3) is 0.583. The van der Waals surface area contributed by atoms with Crippen LogP contribution in [-0.2, 0) is 24.0 Å². The van der Waals surface area contributed by atoms with Gasteiger partial charge in [-0.15, -0.1) is 0 Å². The van der Waals surface area contributed by atoms with Crippen molar-refractivity contribution in [2.45, 2.75) is 31.5 Å². The van der Waals surface area contributed by atoms with Crippen molar-refractivity contribution in [1.29, 1.82) is 0 Å². The van der Waals surface area contributed by atoms with E-state index in [9.17, 15) is 24.0 Å². The molecule has 9 N–H and O–H groups in total. The largest absolute Gasteiger partial charge is 0.480 e. The van der Waals surface area contributed by atoms with E-state index in [1.165, 1.54) is 6.92 Å². The third-order valence-electron chi connectivity index (χ3n) is 2.73. The molecule has 0 heterocycles. The second-order valence-electron chi connectivity index (χ2n) is 4.89. The maximum atomic E-state index is 11.5. The van der Waals surface area contributed by atoms with Crippen LogP contribution in [0.4, 0.5) is 0 Å². The van der Waals surface area contributed by atoms with Gasteiger partial charge in [0, 0.05) is 0 Å². The summed E-state index contributed by atoms with van der Waals surface area (Å²) in [6.07, 6.45) is -1.69. The molecule has 0 aromatic carbocycles. The number of rotatable bonds is 10. The highest BCUT2D eigenvalue weighted by Gasteiger charge is 2.22. The van der Waals surface area contributed by atoms with Gasteiger partial charge in [0.1, 0.15) is 12.1 Å². The molecule has 12 heteroatoms. The molecule has 12 nitrogen and oxygen atoms in total. The van der Waals surface area contributed by atoms with Gasteiger partial charge in [0.25, 0.3) is 0 Å². The van der Waals surface area contributed by atoms with Gasteiger partial charge in [0.15, 0.2) is 0 Å². The lowest BCUT2D eigenvalue weighted by Crippen LogP contribution is -2.51. The van der Waals surface area contributed by atoms with E-state index < -0.39 is 67.3 Å². The van der Waals surface area contributed by atoms with E-state index in [4.69, 9.17) is 21.7 Å². The van der Waals surface area contributed by atoms with Gasteiger partial charge in [-0.2, -0.15) is 0 Å². The maximum Gasteiger partial charge on any atom is 0.326 e. The summed E-state index contributed by atoms with van der Waals surface area (Å²) in [6.45, 7) is 0.246. The summed E-state index contributed by atoms with van der Waals surface area (Å²) in [4.78, 5) is 55.8. The number of aliphatic carboxylic acids is 1. The minimum atomic E-state index is -1.50. The Morgan fingerprint density at radius 1 is 1.04 bits per heavy atom. The first-order valence-corrected chi connectivity index (χ1v) is 6.83. The highest BCUT2D eigenvalue weighted by atomic mass is 16.4. The van der Waals surface area contributed by atoms with Crippen molar-refractivity contribution in [3.63, 3.8) is 0 Å². The van der Waals surface area contributed by atoms with Gasteiger partial charge < -0.3 is 37.6 Å². The SMILES string of the molecule is CC(O)C(N)C(=O)NCC(=O)NCC(=O)NC(CC(N)=O)C(=O)O. The summed E-state index contributed by atoms with van der Waals surface area (Å²) in [5, 5.41) is 24.2. The smallest absolute Gasteiger partial charge is 0.326 e. The number of carboxylic acid groups (broad SMARTS) is 1. The van der Waals surface area contributed by atoms with E-state index in [2.05, 4.69) is 10.6 Å². The van der Waals surface area contributed by atoms with Crippen molar-refractivity contribution in [3.05, 3.63) is 0 Å². The molecule has 3 atom stereocenters. The molecule has 3 unspecified atom stereocenters. The van der Waals surface area contributed by atoms with E-state index >= 15 is 0 Å². The van der Waals surface area contributed by atoms with Gasteiger partial charge in [0.05, 0.1) is 25.6 Å². The zero-order valence-electron chi connectivity index (χ0n) is 12.9. The molecular weight excluding hydrogens is 326 g/mol. The van der Waals surface area contributed by atoms with Gasteiger partial charge in [-0.25, -0.2) is 4.79 Å². The first kappa shape index (κ1) is 21.3. The number of carbonyl (C=O) groups is 5. The number of nitrogens with two attached hydrogens (primary N) is 2. The maximum absolute atomic E-state index is 11.5. The highest BCUT2D eigenvalue weighted by Crippen LogP contribution is 1.91. The average Bonchev–Trinajstić information content (AvgIpc) is 2.48. The van der Waals surface area contributed by atoms with Crippen LogP contribution in [0, 0.1) is 0 Å². The summed E-state index contributed by atoms with van der Waals surface area (Å²) in [7, 11) is 0. The number of carbonyl (C=O) groups excluding carboxylic acids is 4. The van der Waals surface area contributed by atoms with Crippen molar-refractivity contribution in [2.75, 3.05) is 13.1 Å². The number of hydrogen-bond donors (Lipinski definition) is 7. The molecule has 0 saturated heterocycles. The Hall–Kier alpha value is -2.73. The first-order valence-electron chi connectivity index (χ1n) is 6.83. The third kappa shape index (κ3) is 8.65. The predicted molar refractivity (Wildman–Crippen MR) is 79.1 cm³/mol. The number of amides is 4. The molecule has 0 aliphatic rings. The molecule has 24 heavy (non-hydrogen) atoms. The van der Waals surface area contributed by atoms with Crippen LogP contribution < -0.4 is 27.4 Å². The molecule has 0 aromatic heterocycles. The fourth-order valence-electron chi connectivity index (χ4n) is 1.39. The number of aliphatic hydroxyl groups is 1. The molecule has 0 bridgehead atoms. The van der Waals surface area contributed by atoms with Crippen LogP contribution in [0.1, 0.15) is 13.3 Å². The minimum absolute atomic E-state index is 0.490. The lowest BCUT2D eigenvalue weighted by Gasteiger charge is -2.15. The van der Waals surface area contributed by atoms with Gasteiger partial charge in [-0.3, -0.25) is 19.2 Å². The summed E-state index contributed by atoms with van der Waals surface area (Å²) in [5.74, 6) is -4.71. The average molecular weight is 347 g/mol. The van der Waals surface area contributed by atoms with Crippen molar-refractivity contribution >= 4 is 29.6 Å². The predicted octanol–water partition coefficient (Wildman–Crippen LogP) is -4.63. The zero-order chi connectivity index (χ0) is 18.9. The monoisotopic (exact) mass is 347 g/mol. The van der Waals surface area contributed by atoms with Gasteiger partial charge in [0.2, 0.25) is 23.6 Å². The molecular formula is C12H21N5O7. The quantitative estimate of drug-likeness (QED) is 0.203. The normalized spacial score (nSPS) is 14.0. The lowest BCUT2D eigenvalue weighted by molar-refractivity contribution is -0.143. The number of nitrogens with one attached hydrogen (secondary N) is 3. The van der Waals surface area contributed by atoms with E-state index in [1.54, 1.807) is 0 Å². The number of carboxylic acids is 1. The fourth-order valence-corrected chi connectivity index (χ4v) is 1.39. The molecule has 0 radical (unpaired) electrons. The van der Waals surface area contributed by atoms with E-state index in [1.807, 2.05) is 5.32 Å². The van der Waals surface area contributed by atoms with Crippen LogP contribution in [0.25, 0.3) is 0 Å². The highest BCUT2D eigenvalue weighted by molar-refractivity contribution is 5.92. The van der Waals surface area contributed by atoms with Crippen LogP contribution >= 0.6 is 0 Å².